The maximum Gasteiger partial charge on any atom is 0.277 e. The second-order valence-corrected chi connectivity index (χ2v) is 9.14. The van der Waals surface area contributed by atoms with Gasteiger partial charge in [-0.05, 0) is 50.1 Å². The fourth-order valence-corrected chi connectivity index (χ4v) is 3.82. The second kappa shape index (κ2) is 18.6. The van der Waals surface area contributed by atoms with Gasteiger partial charge in [-0.25, -0.2) is 4.98 Å². The average molecular weight is 554 g/mol. The van der Waals surface area contributed by atoms with E-state index < -0.39 is 0 Å². The molecule has 41 heavy (non-hydrogen) atoms. The number of hydrogen-bond donors (Lipinski definition) is 2. The van der Waals surface area contributed by atoms with Crippen molar-refractivity contribution in [3.63, 3.8) is 0 Å². The van der Waals surface area contributed by atoms with Crippen molar-refractivity contribution in [2.45, 2.75) is 33.2 Å². The Morgan fingerprint density at radius 1 is 0.927 bits per heavy atom. The number of carbonyl (C=O) groups excluding carboxylic acids is 2. The van der Waals surface area contributed by atoms with Gasteiger partial charge in [-0.2, -0.15) is 0 Å². The number of benzene rings is 2. The van der Waals surface area contributed by atoms with Crippen LogP contribution in [0.15, 0.2) is 95.7 Å². The molecule has 0 aliphatic heterocycles. The Kier molecular flexibility index (Phi) is 14.7. The molecule has 4 aromatic rings. The molecule has 0 saturated heterocycles. The summed E-state index contributed by atoms with van der Waals surface area (Å²) in [5.74, 6) is 0.492. The Bertz CT molecular complexity index is 1430. The van der Waals surface area contributed by atoms with E-state index in [9.17, 15) is 14.4 Å². The number of rotatable bonds is 10. The molecule has 0 spiro atoms. The third-order valence-corrected chi connectivity index (χ3v) is 5.94. The average Bonchev–Trinajstić information content (AvgIpc) is 3.00. The summed E-state index contributed by atoms with van der Waals surface area (Å²) in [6.07, 6.45) is 10.5. The standard InChI is InChI=1S/C13H13N3O2.C11H16N2.C9H10O/c1-14-11-9-15-12(10-5-3-2-4-6-10)16(7-8-17)13(11)18;1-9(7-12-3)6-11-8-13-5-4-10(11)2;10-8-4-7-9-5-2-1-3-6-9/h2-6,8-9,14H,7H2,1H3;4-6,8,12H,7H2,1-3H3;1-3,5-6,8H,4,7H2/b;9-6+;. The molecule has 0 radical (unpaired) electrons. The number of aromatic nitrogens is 3. The quantitative estimate of drug-likeness (QED) is 0.267. The Morgan fingerprint density at radius 3 is 2.20 bits per heavy atom. The second-order valence-electron chi connectivity index (χ2n) is 9.14. The molecule has 0 aliphatic carbocycles. The van der Waals surface area contributed by atoms with E-state index in [1.54, 1.807) is 7.05 Å². The lowest BCUT2D eigenvalue weighted by atomic mass is 10.1. The maximum atomic E-state index is 12.1. The third-order valence-electron chi connectivity index (χ3n) is 5.94. The molecule has 2 N–H and O–H groups in total. The highest BCUT2D eigenvalue weighted by Crippen LogP contribution is 2.15. The van der Waals surface area contributed by atoms with Gasteiger partial charge in [0.25, 0.3) is 5.56 Å². The lowest BCUT2D eigenvalue weighted by Gasteiger charge is -2.11. The molecule has 0 fully saturated rings. The van der Waals surface area contributed by atoms with Crippen molar-refractivity contribution in [2.24, 2.45) is 0 Å². The monoisotopic (exact) mass is 553 g/mol. The van der Waals surface area contributed by atoms with E-state index in [4.69, 9.17) is 0 Å². The zero-order valence-electron chi connectivity index (χ0n) is 24.2. The first-order valence-electron chi connectivity index (χ1n) is 13.4. The van der Waals surface area contributed by atoms with Crippen LogP contribution in [0.3, 0.4) is 0 Å². The number of carbonyl (C=O) groups is 2. The molecule has 8 nitrogen and oxygen atoms in total. The SMILES string of the molecule is CNC/C(C)=C/c1cnccc1C.CNc1cnc(-c2ccccc2)n(CC=O)c1=O.O=CCCc1ccccc1. The van der Waals surface area contributed by atoms with Gasteiger partial charge >= 0.3 is 0 Å². The fourth-order valence-electron chi connectivity index (χ4n) is 3.82. The molecule has 2 aromatic carbocycles. The molecule has 2 aromatic heterocycles. The van der Waals surface area contributed by atoms with Crippen LogP contribution in [0.4, 0.5) is 5.69 Å². The minimum Gasteiger partial charge on any atom is -0.382 e. The summed E-state index contributed by atoms with van der Waals surface area (Å²) >= 11 is 0. The van der Waals surface area contributed by atoms with Gasteiger partial charge in [0.2, 0.25) is 0 Å². The smallest absolute Gasteiger partial charge is 0.277 e. The van der Waals surface area contributed by atoms with E-state index in [2.05, 4.69) is 40.5 Å². The Hall–Kier alpha value is -4.69. The number of nitrogens with zero attached hydrogens (tertiary/aromatic N) is 3. The molecule has 4 rings (SSSR count). The van der Waals surface area contributed by atoms with Crippen LogP contribution >= 0.6 is 0 Å². The molecule has 0 unspecified atom stereocenters. The zero-order valence-corrected chi connectivity index (χ0v) is 24.2. The zero-order chi connectivity index (χ0) is 29.9. The topological polar surface area (TPSA) is 106 Å². The molecule has 0 saturated carbocycles. The highest BCUT2D eigenvalue weighted by atomic mass is 16.1. The van der Waals surface area contributed by atoms with Crippen molar-refractivity contribution in [1.82, 2.24) is 19.9 Å². The van der Waals surface area contributed by atoms with Gasteiger partial charge in [0.05, 0.1) is 12.7 Å². The van der Waals surface area contributed by atoms with Crippen LogP contribution in [-0.2, 0) is 22.6 Å². The summed E-state index contributed by atoms with van der Waals surface area (Å²) in [6.45, 7) is 5.13. The van der Waals surface area contributed by atoms with Gasteiger partial charge in [0.1, 0.15) is 24.1 Å². The molecule has 2 heterocycles. The lowest BCUT2D eigenvalue weighted by Crippen LogP contribution is -2.25. The van der Waals surface area contributed by atoms with Gasteiger partial charge in [-0.15, -0.1) is 0 Å². The van der Waals surface area contributed by atoms with Gasteiger partial charge in [-0.3, -0.25) is 14.3 Å². The minimum absolute atomic E-state index is 0.00835. The van der Waals surface area contributed by atoms with Crippen molar-refractivity contribution in [3.05, 3.63) is 118 Å². The summed E-state index contributed by atoms with van der Waals surface area (Å²) in [6, 6.07) is 21.3. The number of aryl methyl sites for hydroxylation is 2. The maximum absolute atomic E-state index is 12.1. The molecule has 8 heteroatoms. The molecule has 0 bridgehead atoms. The number of aldehydes is 2. The van der Waals surface area contributed by atoms with E-state index in [1.807, 2.05) is 86.2 Å². The van der Waals surface area contributed by atoms with E-state index in [1.165, 1.54) is 33.0 Å². The van der Waals surface area contributed by atoms with Gasteiger partial charge in [-0.1, -0.05) is 72.3 Å². The van der Waals surface area contributed by atoms with E-state index in [0.29, 0.717) is 24.2 Å². The summed E-state index contributed by atoms with van der Waals surface area (Å²) in [5.41, 5.74) is 5.95. The first-order chi connectivity index (χ1) is 19.9. The Balaban J connectivity index is 0.000000226. The summed E-state index contributed by atoms with van der Waals surface area (Å²) < 4.78 is 1.36. The molecular formula is C33H39N5O3. The number of likely N-dealkylation sites (N-methyl/N-ethyl adjacent to an activating group) is 1. The molecule has 214 valence electrons. The first kappa shape index (κ1) is 32.5. The fraction of sp³-hybridized carbons (Fsp3) is 0.242. The van der Waals surface area contributed by atoms with Crippen molar-refractivity contribution in [2.75, 3.05) is 26.0 Å². The van der Waals surface area contributed by atoms with Gasteiger partial charge < -0.3 is 20.2 Å². The predicted octanol–water partition coefficient (Wildman–Crippen LogP) is 4.98. The normalized spacial score (nSPS) is 10.4. The number of nitrogens with one attached hydrogen (secondary N) is 2. The minimum atomic E-state index is -0.251. The highest BCUT2D eigenvalue weighted by molar-refractivity contribution is 5.59. The molecule has 0 amide bonds. The van der Waals surface area contributed by atoms with Crippen LogP contribution in [0.25, 0.3) is 17.5 Å². The number of pyridine rings is 1. The van der Waals surface area contributed by atoms with Crippen molar-refractivity contribution < 1.29 is 9.59 Å². The van der Waals surface area contributed by atoms with Crippen molar-refractivity contribution in [1.29, 1.82) is 0 Å². The van der Waals surface area contributed by atoms with Crippen LogP contribution in [0, 0.1) is 6.92 Å². The van der Waals surface area contributed by atoms with Gasteiger partial charge in [0.15, 0.2) is 0 Å². The summed E-state index contributed by atoms with van der Waals surface area (Å²) in [7, 11) is 3.60. The predicted molar refractivity (Wildman–Crippen MR) is 167 cm³/mol. The molecule has 0 atom stereocenters. The highest BCUT2D eigenvalue weighted by Gasteiger charge is 2.10. The van der Waals surface area contributed by atoms with Crippen LogP contribution in [0.1, 0.15) is 30.0 Å². The van der Waals surface area contributed by atoms with Gasteiger partial charge in [0, 0.05) is 38.0 Å². The largest absolute Gasteiger partial charge is 0.382 e. The summed E-state index contributed by atoms with van der Waals surface area (Å²) in [4.78, 5) is 41.1. The Morgan fingerprint density at radius 2 is 1.61 bits per heavy atom. The van der Waals surface area contributed by atoms with Crippen LogP contribution < -0.4 is 16.2 Å². The third kappa shape index (κ3) is 11.1. The lowest BCUT2D eigenvalue weighted by molar-refractivity contribution is -0.108. The summed E-state index contributed by atoms with van der Waals surface area (Å²) in [5, 5.41) is 5.88. The van der Waals surface area contributed by atoms with Crippen molar-refractivity contribution >= 4 is 24.3 Å². The molecule has 0 aliphatic rings. The number of anilines is 1. The van der Waals surface area contributed by atoms with E-state index in [-0.39, 0.29) is 12.1 Å². The van der Waals surface area contributed by atoms with Crippen LogP contribution in [-0.4, -0.2) is 47.7 Å². The van der Waals surface area contributed by atoms with Crippen LogP contribution in [0.5, 0.6) is 0 Å². The Labute approximate surface area is 242 Å². The van der Waals surface area contributed by atoms with Crippen LogP contribution in [0.2, 0.25) is 0 Å². The first-order valence-corrected chi connectivity index (χ1v) is 13.4. The van der Waals surface area contributed by atoms with E-state index in [0.717, 1.165) is 24.8 Å². The molecular weight excluding hydrogens is 514 g/mol. The van der Waals surface area contributed by atoms with Crippen molar-refractivity contribution in [3.8, 4) is 11.4 Å². The van der Waals surface area contributed by atoms with E-state index >= 15 is 0 Å². The number of hydrogen-bond acceptors (Lipinski definition) is 7.